The van der Waals surface area contributed by atoms with Gasteiger partial charge < -0.3 is 0 Å². The minimum Gasteiger partial charge on any atom is -0.296 e. The van der Waals surface area contributed by atoms with Gasteiger partial charge in [0.25, 0.3) is 5.91 Å². The van der Waals surface area contributed by atoms with Crippen LogP contribution in [0.1, 0.15) is 53.9 Å². The van der Waals surface area contributed by atoms with E-state index in [1.54, 1.807) is 18.2 Å². The van der Waals surface area contributed by atoms with E-state index in [0.717, 1.165) is 29.0 Å². The highest BCUT2D eigenvalue weighted by Gasteiger charge is 2.53. The van der Waals surface area contributed by atoms with Gasteiger partial charge in [-0.15, -0.1) is 10.2 Å². The number of carbonyl (C=O) groups is 1. The van der Waals surface area contributed by atoms with E-state index in [1.165, 1.54) is 55.9 Å². The van der Waals surface area contributed by atoms with Crippen LogP contribution in [-0.4, -0.2) is 30.8 Å². The predicted octanol–water partition coefficient (Wildman–Crippen LogP) is 3.63. The average molecular weight is 433 g/mol. The second-order valence-electron chi connectivity index (χ2n) is 9.02. The van der Waals surface area contributed by atoms with Gasteiger partial charge in [-0.25, -0.2) is 8.42 Å². The summed E-state index contributed by atoms with van der Waals surface area (Å²) in [5.74, 6) is 2.16. The lowest BCUT2D eigenvalue weighted by atomic mass is 9.50. The largest absolute Gasteiger partial charge is 0.296 e. The first-order valence-corrected chi connectivity index (χ1v) is 12.7. The van der Waals surface area contributed by atoms with Gasteiger partial charge in [-0.05, 0) is 74.5 Å². The number of benzene rings is 1. The van der Waals surface area contributed by atoms with Crippen LogP contribution in [0.15, 0.2) is 24.3 Å². The SMILES string of the molecule is CS(=O)(=O)Nc1cccc(C(=O)Nc2nnc(C34CC5CC(CC(C5)C3)C4)s2)c1. The number of rotatable bonds is 5. The minimum atomic E-state index is -3.40. The lowest BCUT2D eigenvalue weighted by molar-refractivity contribution is -0.00555. The third kappa shape index (κ3) is 3.77. The fraction of sp³-hybridized carbons (Fsp3) is 0.550. The van der Waals surface area contributed by atoms with Gasteiger partial charge in [0.15, 0.2) is 0 Å². The number of nitrogens with zero attached hydrogens (tertiary/aromatic N) is 2. The van der Waals surface area contributed by atoms with Crippen LogP contribution in [0.4, 0.5) is 10.8 Å². The molecule has 0 saturated heterocycles. The summed E-state index contributed by atoms with van der Waals surface area (Å²) < 4.78 is 25.2. The van der Waals surface area contributed by atoms with Crippen LogP contribution in [0.5, 0.6) is 0 Å². The summed E-state index contributed by atoms with van der Waals surface area (Å²) in [7, 11) is -3.40. The van der Waals surface area contributed by atoms with Crippen molar-refractivity contribution in [2.24, 2.45) is 17.8 Å². The Bertz CT molecular complexity index is 1030. The van der Waals surface area contributed by atoms with Crippen LogP contribution in [0.25, 0.3) is 0 Å². The Morgan fingerprint density at radius 1 is 1.10 bits per heavy atom. The zero-order valence-corrected chi connectivity index (χ0v) is 17.9. The van der Waals surface area contributed by atoms with Gasteiger partial charge in [-0.2, -0.15) is 0 Å². The molecular formula is C20H24N4O3S2. The van der Waals surface area contributed by atoms with Gasteiger partial charge in [-0.3, -0.25) is 14.8 Å². The van der Waals surface area contributed by atoms with E-state index in [-0.39, 0.29) is 11.3 Å². The second-order valence-corrected chi connectivity index (χ2v) is 11.7. The summed E-state index contributed by atoms with van der Waals surface area (Å²) in [4.78, 5) is 12.6. The second kappa shape index (κ2) is 6.77. The molecule has 1 aromatic carbocycles. The molecule has 4 aliphatic carbocycles. The van der Waals surface area contributed by atoms with E-state index in [2.05, 4.69) is 20.2 Å². The van der Waals surface area contributed by atoms with Gasteiger partial charge in [-0.1, -0.05) is 17.4 Å². The van der Waals surface area contributed by atoms with Gasteiger partial charge in [0, 0.05) is 16.7 Å². The lowest BCUT2D eigenvalue weighted by Crippen LogP contribution is -2.48. The maximum absolute atomic E-state index is 12.6. The summed E-state index contributed by atoms with van der Waals surface area (Å²) in [6.07, 6.45) is 8.83. The number of hydrogen-bond donors (Lipinski definition) is 2. The maximum atomic E-state index is 12.6. The van der Waals surface area contributed by atoms with Gasteiger partial charge >= 0.3 is 0 Å². The molecule has 6 rings (SSSR count). The van der Waals surface area contributed by atoms with E-state index in [9.17, 15) is 13.2 Å². The Balaban J connectivity index is 1.32. The van der Waals surface area contributed by atoms with Gasteiger partial charge in [0.2, 0.25) is 15.2 Å². The minimum absolute atomic E-state index is 0.161. The van der Waals surface area contributed by atoms with Crippen molar-refractivity contribution in [2.75, 3.05) is 16.3 Å². The van der Waals surface area contributed by atoms with Crippen molar-refractivity contribution < 1.29 is 13.2 Å². The number of nitrogens with one attached hydrogen (secondary N) is 2. The molecule has 7 nitrogen and oxygen atoms in total. The Morgan fingerprint density at radius 2 is 1.76 bits per heavy atom. The Labute approximate surface area is 174 Å². The van der Waals surface area contributed by atoms with Crippen LogP contribution < -0.4 is 10.0 Å². The fourth-order valence-electron chi connectivity index (χ4n) is 5.97. The Hall–Kier alpha value is -2.00. The highest BCUT2D eigenvalue weighted by molar-refractivity contribution is 7.92. The van der Waals surface area contributed by atoms with E-state index in [0.29, 0.717) is 16.4 Å². The molecule has 4 bridgehead atoms. The van der Waals surface area contributed by atoms with E-state index < -0.39 is 10.0 Å². The highest BCUT2D eigenvalue weighted by atomic mass is 32.2. The molecule has 0 unspecified atom stereocenters. The molecular weight excluding hydrogens is 408 g/mol. The summed E-state index contributed by atoms with van der Waals surface area (Å²) in [5, 5.41) is 13.1. The third-order valence-electron chi connectivity index (χ3n) is 6.57. The van der Waals surface area contributed by atoms with E-state index >= 15 is 0 Å². The smallest absolute Gasteiger partial charge is 0.257 e. The first-order valence-electron chi connectivity index (χ1n) is 10.0. The third-order valence-corrected chi connectivity index (χ3v) is 8.26. The van der Waals surface area contributed by atoms with Crippen LogP contribution in [0.3, 0.4) is 0 Å². The van der Waals surface area contributed by atoms with Crippen molar-refractivity contribution >= 4 is 38.1 Å². The van der Waals surface area contributed by atoms with Gasteiger partial charge in [0.1, 0.15) is 5.01 Å². The van der Waals surface area contributed by atoms with Crippen molar-refractivity contribution in [3.63, 3.8) is 0 Å². The number of hydrogen-bond acceptors (Lipinski definition) is 6. The molecule has 0 spiro atoms. The van der Waals surface area contributed by atoms with E-state index in [1.807, 2.05) is 0 Å². The molecule has 1 aromatic heterocycles. The van der Waals surface area contributed by atoms with Crippen molar-refractivity contribution in [3.8, 4) is 0 Å². The summed E-state index contributed by atoms with van der Waals surface area (Å²) in [6.45, 7) is 0. The molecule has 1 heterocycles. The molecule has 2 aromatic rings. The molecule has 4 aliphatic rings. The monoisotopic (exact) mass is 432 g/mol. The molecule has 1 amide bonds. The van der Waals surface area contributed by atoms with Crippen molar-refractivity contribution in [3.05, 3.63) is 34.8 Å². The van der Waals surface area contributed by atoms with Crippen molar-refractivity contribution in [2.45, 2.75) is 43.9 Å². The number of anilines is 2. The van der Waals surface area contributed by atoms with E-state index in [4.69, 9.17) is 0 Å². The molecule has 0 aliphatic heterocycles. The quantitative estimate of drug-likeness (QED) is 0.751. The molecule has 2 N–H and O–H groups in total. The zero-order valence-electron chi connectivity index (χ0n) is 16.2. The number of sulfonamides is 1. The Morgan fingerprint density at radius 3 is 2.38 bits per heavy atom. The number of carbonyl (C=O) groups excluding carboxylic acids is 1. The fourth-order valence-corrected chi connectivity index (χ4v) is 7.48. The molecule has 4 fully saturated rings. The van der Waals surface area contributed by atoms with Crippen LogP contribution in [-0.2, 0) is 15.4 Å². The first-order chi connectivity index (χ1) is 13.8. The first kappa shape index (κ1) is 19.0. The maximum Gasteiger partial charge on any atom is 0.257 e. The number of aromatic nitrogens is 2. The Kier molecular flexibility index (Phi) is 4.43. The molecule has 154 valence electrons. The molecule has 9 heteroatoms. The predicted molar refractivity (Wildman–Crippen MR) is 113 cm³/mol. The highest BCUT2D eigenvalue weighted by Crippen LogP contribution is 2.61. The molecule has 0 radical (unpaired) electrons. The summed E-state index contributed by atoms with van der Waals surface area (Å²) >= 11 is 1.49. The topological polar surface area (TPSA) is 101 Å². The zero-order chi connectivity index (χ0) is 20.2. The van der Waals surface area contributed by atoms with Crippen LogP contribution in [0, 0.1) is 17.8 Å². The van der Waals surface area contributed by atoms with Crippen molar-refractivity contribution in [1.29, 1.82) is 0 Å². The lowest BCUT2D eigenvalue weighted by Gasteiger charge is -2.55. The summed E-state index contributed by atoms with van der Waals surface area (Å²) in [5.41, 5.74) is 0.881. The molecule has 0 atom stereocenters. The number of amides is 1. The van der Waals surface area contributed by atoms with Crippen LogP contribution in [0.2, 0.25) is 0 Å². The molecule has 29 heavy (non-hydrogen) atoms. The standard InChI is InChI=1S/C20H24N4O3S2/c1-29(26,27)24-16-4-2-3-15(8-16)17(25)21-19-23-22-18(28-19)20-9-12-5-13(10-20)7-14(6-12)11-20/h2-4,8,12-14,24H,5-7,9-11H2,1H3,(H,21,23,25). The summed E-state index contributed by atoms with van der Waals surface area (Å²) in [6, 6.07) is 6.40. The van der Waals surface area contributed by atoms with Crippen LogP contribution >= 0.6 is 11.3 Å². The molecule has 4 saturated carbocycles. The normalized spacial score (nSPS) is 30.3. The van der Waals surface area contributed by atoms with Crippen molar-refractivity contribution in [1.82, 2.24) is 10.2 Å². The average Bonchev–Trinajstić information content (AvgIpc) is 3.09. The van der Waals surface area contributed by atoms with Gasteiger partial charge in [0.05, 0.1) is 6.26 Å².